The molecule has 0 saturated carbocycles. The molecule has 2 aromatic rings. The van der Waals surface area contributed by atoms with Crippen LogP contribution in [0.2, 0.25) is 0 Å². The molecule has 0 aromatic heterocycles. The Bertz CT molecular complexity index is 835. The first-order valence-electron chi connectivity index (χ1n) is 9.27. The third-order valence-corrected chi connectivity index (χ3v) is 4.67. The van der Waals surface area contributed by atoms with E-state index in [1.807, 2.05) is 0 Å². The van der Waals surface area contributed by atoms with Gasteiger partial charge in [0.15, 0.2) is 11.6 Å². The van der Waals surface area contributed by atoms with Crippen molar-refractivity contribution in [1.82, 2.24) is 5.32 Å². The van der Waals surface area contributed by atoms with Crippen molar-refractivity contribution >= 4 is 17.3 Å². The number of nitrogens with two attached hydrogens (primary N) is 1. The van der Waals surface area contributed by atoms with Crippen molar-refractivity contribution in [2.24, 2.45) is 5.73 Å². The van der Waals surface area contributed by atoms with Gasteiger partial charge in [0.25, 0.3) is 0 Å². The maximum atomic E-state index is 12.9. The van der Waals surface area contributed by atoms with Crippen LogP contribution in [-0.4, -0.2) is 49.0 Å². The van der Waals surface area contributed by atoms with E-state index < -0.39 is 6.10 Å². The van der Waals surface area contributed by atoms with Crippen LogP contribution in [0.4, 0.5) is 5.69 Å². The number of rotatable bonds is 9. The van der Waals surface area contributed by atoms with Crippen LogP contribution in [0, 0.1) is 0 Å². The first-order chi connectivity index (χ1) is 13.1. The number of aliphatic hydroxyl groups is 1. The molecular formula is C21H25N3O3. The van der Waals surface area contributed by atoms with Crippen molar-refractivity contribution in [3.8, 4) is 0 Å². The molecule has 6 heteroatoms. The van der Waals surface area contributed by atoms with Gasteiger partial charge in [0.05, 0.1) is 11.7 Å². The summed E-state index contributed by atoms with van der Waals surface area (Å²) in [6, 6.07) is 12.1. The molecule has 2 aromatic carbocycles. The average Bonchev–Trinajstić information content (AvgIpc) is 2.70. The number of nitrogens with one attached hydrogen (secondary N) is 2. The second kappa shape index (κ2) is 8.90. The van der Waals surface area contributed by atoms with Gasteiger partial charge in [-0.05, 0) is 32.0 Å². The summed E-state index contributed by atoms with van der Waals surface area (Å²) < 4.78 is 0. The molecule has 0 bridgehead atoms. The highest BCUT2D eigenvalue weighted by molar-refractivity contribution is 6.30. The molecule has 1 unspecified atom stereocenters. The number of fused-ring (bicyclic) bond motifs is 2. The highest BCUT2D eigenvalue weighted by atomic mass is 16.3. The van der Waals surface area contributed by atoms with Crippen LogP contribution in [-0.2, 0) is 0 Å². The molecule has 0 radical (unpaired) electrons. The first kappa shape index (κ1) is 19.2. The summed E-state index contributed by atoms with van der Waals surface area (Å²) in [6.07, 6.45) is 1.31. The van der Waals surface area contributed by atoms with E-state index in [-0.39, 0.29) is 18.1 Å². The maximum absolute atomic E-state index is 12.9. The fraction of sp³-hybridized carbons (Fsp3) is 0.333. The zero-order valence-corrected chi connectivity index (χ0v) is 15.2. The van der Waals surface area contributed by atoms with Gasteiger partial charge in [0, 0.05) is 35.5 Å². The Labute approximate surface area is 158 Å². The summed E-state index contributed by atoms with van der Waals surface area (Å²) in [7, 11) is 0. The number of anilines is 1. The molecule has 1 aliphatic carbocycles. The van der Waals surface area contributed by atoms with Crippen molar-refractivity contribution in [2.45, 2.75) is 18.9 Å². The van der Waals surface area contributed by atoms with Gasteiger partial charge in [-0.15, -0.1) is 0 Å². The minimum absolute atomic E-state index is 0.147. The summed E-state index contributed by atoms with van der Waals surface area (Å²) in [4.78, 5) is 25.6. The second-order valence-corrected chi connectivity index (χ2v) is 6.67. The van der Waals surface area contributed by atoms with Gasteiger partial charge in [-0.2, -0.15) is 0 Å². The quantitative estimate of drug-likeness (QED) is 0.428. The summed E-state index contributed by atoms with van der Waals surface area (Å²) in [5.74, 6) is -0.316. The first-order valence-corrected chi connectivity index (χ1v) is 9.27. The van der Waals surface area contributed by atoms with E-state index in [0.717, 1.165) is 19.4 Å². The third-order valence-electron chi connectivity index (χ3n) is 4.67. The van der Waals surface area contributed by atoms with Crippen molar-refractivity contribution < 1.29 is 14.7 Å². The Kier molecular flexibility index (Phi) is 6.34. The summed E-state index contributed by atoms with van der Waals surface area (Å²) in [5, 5.41) is 16.4. The topological polar surface area (TPSA) is 104 Å². The Hall–Kier alpha value is -2.54. The molecule has 1 atom stereocenters. The fourth-order valence-electron chi connectivity index (χ4n) is 3.26. The molecule has 6 nitrogen and oxygen atoms in total. The summed E-state index contributed by atoms with van der Waals surface area (Å²) in [6.45, 7) is 2.20. The van der Waals surface area contributed by atoms with Gasteiger partial charge in [0.2, 0.25) is 0 Å². The Morgan fingerprint density at radius 3 is 2.33 bits per heavy atom. The predicted octanol–water partition coefficient (Wildman–Crippen LogP) is 1.56. The van der Waals surface area contributed by atoms with Crippen LogP contribution in [0.25, 0.3) is 0 Å². The molecule has 0 amide bonds. The van der Waals surface area contributed by atoms with E-state index in [0.29, 0.717) is 41.0 Å². The number of ketones is 2. The number of unbranched alkanes of at least 4 members (excludes halogenated alkanes) is 1. The van der Waals surface area contributed by atoms with Crippen LogP contribution in [0.5, 0.6) is 0 Å². The summed E-state index contributed by atoms with van der Waals surface area (Å²) in [5.41, 5.74) is 7.66. The van der Waals surface area contributed by atoms with Gasteiger partial charge in [-0.1, -0.05) is 36.4 Å². The van der Waals surface area contributed by atoms with E-state index >= 15 is 0 Å². The molecule has 27 heavy (non-hydrogen) atoms. The molecule has 0 fully saturated rings. The molecule has 0 aliphatic heterocycles. The fourth-order valence-corrected chi connectivity index (χ4v) is 3.26. The predicted molar refractivity (Wildman–Crippen MR) is 105 cm³/mol. The second-order valence-electron chi connectivity index (χ2n) is 6.67. The largest absolute Gasteiger partial charge is 0.390 e. The third kappa shape index (κ3) is 4.24. The van der Waals surface area contributed by atoms with Crippen LogP contribution >= 0.6 is 0 Å². The molecule has 1 aliphatic rings. The highest BCUT2D eigenvalue weighted by Crippen LogP contribution is 2.31. The van der Waals surface area contributed by atoms with Crippen LogP contribution < -0.4 is 16.4 Å². The molecule has 0 heterocycles. The number of hydrogen-bond donors (Lipinski definition) is 4. The molecule has 0 saturated heterocycles. The van der Waals surface area contributed by atoms with Crippen molar-refractivity contribution in [1.29, 1.82) is 0 Å². The zero-order valence-electron chi connectivity index (χ0n) is 15.2. The average molecular weight is 367 g/mol. The van der Waals surface area contributed by atoms with E-state index in [9.17, 15) is 14.7 Å². The lowest BCUT2D eigenvalue weighted by Crippen LogP contribution is -2.33. The molecule has 3 rings (SSSR count). The van der Waals surface area contributed by atoms with Crippen molar-refractivity contribution in [3.05, 3.63) is 64.7 Å². The van der Waals surface area contributed by atoms with Gasteiger partial charge in [-0.3, -0.25) is 9.59 Å². The molecular weight excluding hydrogens is 342 g/mol. The van der Waals surface area contributed by atoms with Gasteiger partial charge < -0.3 is 21.5 Å². The van der Waals surface area contributed by atoms with Gasteiger partial charge >= 0.3 is 0 Å². The van der Waals surface area contributed by atoms with E-state index in [2.05, 4.69) is 10.6 Å². The molecule has 5 N–H and O–H groups in total. The smallest absolute Gasteiger partial charge is 0.196 e. The number of aliphatic hydroxyl groups excluding tert-OH is 1. The van der Waals surface area contributed by atoms with Crippen LogP contribution in [0.15, 0.2) is 42.5 Å². The molecule has 0 spiro atoms. The normalized spacial score (nSPS) is 13.9. The minimum Gasteiger partial charge on any atom is -0.390 e. The van der Waals surface area contributed by atoms with E-state index in [1.165, 1.54) is 0 Å². The number of hydrogen-bond acceptors (Lipinski definition) is 6. The highest BCUT2D eigenvalue weighted by Gasteiger charge is 2.31. The zero-order chi connectivity index (χ0) is 19.2. The van der Waals surface area contributed by atoms with Gasteiger partial charge in [-0.25, -0.2) is 0 Å². The van der Waals surface area contributed by atoms with E-state index in [4.69, 9.17) is 5.73 Å². The summed E-state index contributed by atoms with van der Waals surface area (Å²) >= 11 is 0. The van der Waals surface area contributed by atoms with Gasteiger partial charge in [0.1, 0.15) is 0 Å². The standard InChI is InChI=1S/C21H25N3O3/c22-10-3-4-11-23-12-14(25)13-24-18-9-5-8-17-19(18)21(27)16-7-2-1-6-15(16)20(17)26/h1-2,5-9,14,23-25H,3-4,10-13,22H2. The Morgan fingerprint density at radius 1 is 0.889 bits per heavy atom. The van der Waals surface area contributed by atoms with Crippen LogP contribution in [0.3, 0.4) is 0 Å². The van der Waals surface area contributed by atoms with Crippen molar-refractivity contribution in [2.75, 3.05) is 31.5 Å². The number of carbonyl (C=O) groups is 2. The minimum atomic E-state index is -0.611. The number of carbonyl (C=O) groups excluding carboxylic acids is 2. The van der Waals surface area contributed by atoms with Crippen LogP contribution in [0.1, 0.15) is 44.7 Å². The van der Waals surface area contributed by atoms with E-state index in [1.54, 1.807) is 42.5 Å². The maximum Gasteiger partial charge on any atom is 0.196 e. The lowest BCUT2D eigenvalue weighted by molar-refractivity contribution is 0.0979. The lowest BCUT2D eigenvalue weighted by Gasteiger charge is -2.21. The monoisotopic (exact) mass is 367 g/mol. The Morgan fingerprint density at radius 2 is 1.59 bits per heavy atom. The lowest BCUT2D eigenvalue weighted by atomic mass is 9.83. The Balaban J connectivity index is 1.68. The number of benzene rings is 2. The van der Waals surface area contributed by atoms with Crippen molar-refractivity contribution in [3.63, 3.8) is 0 Å². The molecule has 142 valence electrons. The SMILES string of the molecule is NCCCCNCC(O)CNc1cccc2c1C(=O)c1ccccc1C2=O.